The number of nitrogens with one attached hydrogen (secondary N) is 1. The van der Waals surface area contributed by atoms with Gasteiger partial charge in [-0.25, -0.2) is 9.59 Å². The van der Waals surface area contributed by atoms with Gasteiger partial charge in [0.05, 0.1) is 6.61 Å². The Kier molecular flexibility index (Phi) is 12.1. The van der Waals surface area contributed by atoms with Gasteiger partial charge >= 0.3 is 20.9 Å². The Bertz CT molecular complexity index is 676. The van der Waals surface area contributed by atoms with Gasteiger partial charge in [-0.05, 0) is 72.3 Å². The number of carbonyl (C=O) groups excluding carboxylic acids is 1. The van der Waals surface area contributed by atoms with Gasteiger partial charge in [0.25, 0.3) is 0 Å². The highest BCUT2D eigenvalue weighted by Crippen LogP contribution is 2.32. The maximum absolute atomic E-state index is 12.3. The van der Waals surface area contributed by atoms with Gasteiger partial charge in [-0.15, -0.1) is 0 Å². The number of carboxylic acid groups (broad SMARTS) is 1. The second-order valence-corrected chi connectivity index (χ2v) is 28.4. The molecule has 0 spiro atoms. The molecule has 0 saturated heterocycles. The van der Waals surface area contributed by atoms with Crippen molar-refractivity contribution in [2.45, 2.75) is 96.6 Å². The van der Waals surface area contributed by atoms with E-state index in [1.807, 2.05) is 0 Å². The van der Waals surface area contributed by atoms with E-state index in [9.17, 15) is 24.9 Å². The predicted molar refractivity (Wildman–Crippen MR) is 141 cm³/mol. The first-order chi connectivity index (χ1) is 15.1. The number of carbonyl (C=O) groups is 2. The third-order valence-corrected chi connectivity index (χ3v) is 16.1. The minimum atomic E-state index is -3.24. The van der Waals surface area contributed by atoms with Crippen molar-refractivity contribution in [2.75, 3.05) is 6.61 Å². The first kappa shape index (κ1) is 33.1. The number of rotatable bonds is 15. The molecule has 14 heteroatoms. The molecule has 0 aromatic carbocycles. The average Bonchev–Trinajstić information content (AvgIpc) is 2.55. The minimum Gasteiger partial charge on any atom is -0.465 e. The average molecular weight is 556 g/mol. The summed E-state index contributed by atoms with van der Waals surface area (Å²) in [5, 5.41) is 31.6. The summed E-state index contributed by atoms with van der Waals surface area (Å²) in [5.74, 6) is -0.889. The highest BCUT2D eigenvalue weighted by atomic mass is 28.5. The molecule has 10 nitrogen and oxygen atoms in total. The lowest BCUT2D eigenvalue weighted by atomic mass is 10.0. The summed E-state index contributed by atoms with van der Waals surface area (Å²) in [5.41, 5.74) is -2.05. The Morgan fingerprint density at radius 3 is 1.65 bits per heavy atom. The fourth-order valence-corrected chi connectivity index (χ4v) is 17.9. The molecule has 0 radical (unpaired) electrons. The summed E-state index contributed by atoms with van der Waals surface area (Å²) >= 11 is 0. The van der Waals surface area contributed by atoms with Crippen LogP contribution in [0.15, 0.2) is 12.2 Å². The number of hydrogen-bond acceptors (Lipinski definition) is 8. The van der Waals surface area contributed by atoms with Crippen LogP contribution in [0.1, 0.15) is 19.8 Å². The molecule has 0 aromatic heterocycles. The van der Waals surface area contributed by atoms with Crippen molar-refractivity contribution in [3.63, 3.8) is 0 Å². The topological polar surface area (TPSA) is 144 Å². The fourth-order valence-electron chi connectivity index (χ4n) is 3.22. The van der Waals surface area contributed by atoms with Crippen LogP contribution in [0.3, 0.4) is 0 Å². The summed E-state index contributed by atoms with van der Waals surface area (Å²) < 4.78 is 25.2. The molecule has 34 heavy (non-hydrogen) atoms. The van der Waals surface area contributed by atoms with Crippen LogP contribution in [-0.4, -0.2) is 79.6 Å². The van der Waals surface area contributed by atoms with E-state index >= 15 is 0 Å². The molecule has 1 amide bonds. The van der Waals surface area contributed by atoms with Gasteiger partial charge < -0.3 is 32.4 Å². The SMILES string of the molecule is C=C(C)C(=O)OC(CCC[Si](O[Si](C)(C)C)(O[Si](C)(C)C)O[Si](C)(C)C)(NC(=O)O)C(O)CO. The molecule has 0 bridgehead atoms. The van der Waals surface area contributed by atoms with Crippen molar-refractivity contribution in [1.29, 1.82) is 0 Å². The van der Waals surface area contributed by atoms with Crippen LogP contribution in [0.5, 0.6) is 0 Å². The molecule has 200 valence electrons. The number of ether oxygens (including phenoxy) is 1. The number of aliphatic hydroxyl groups is 2. The minimum absolute atomic E-state index is 0.0247. The van der Waals surface area contributed by atoms with Crippen molar-refractivity contribution in [1.82, 2.24) is 5.32 Å². The second kappa shape index (κ2) is 12.4. The van der Waals surface area contributed by atoms with Crippen molar-refractivity contribution in [3.05, 3.63) is 12.2 Å². The molecule has 2 unspecified atom stereocenters. The van der Waals surface area contributed by atoms with Crippen LogP contribution in [0.4, 0.5) is 4.79 Å². The summed E-state index contributed by atoms with van der Waals surface area (Å²) in [6.45, 7) is 22.6. The Balaban J connectivity index is 6.25. The zero-order chi connectivity index (χ0) is 27.2. The van der Waals surface area contributed by atoms with E-state index in [2.05, 4.69) is 70.8 Å². The lowest BCUT2D eigenvalue weighted by Gasteiger charge is -2.43. The largest absolute Gasteiger partial charge is 0.469 e. The first-order valence-corrected chi connectivity index (χ1v) is 23.5. The lowest BCUT2D eigenvalue weighted by Crippen LogP contribution is -2.62. The van der Waals surface area contributed by atoms with E-state index in [0.29, 0.717) is 6.04 Å². The number of aliphatic hydroxyl groups excluding tert-OH is 2. The molecular weight excluding hydrogens is 511 g/mol. The predicted octanol–water partition coefficient (Wildman–Crippen LogP) is 3.70. The second-order valence-electron chi connectivity index (χ2n) is 11.4. The number of amides is 1. The van der Waals surface area contributed by atoms with E-state index in [0.717, 1.165) is 0 Å². The van der Waals surface area contributed by atoms with Gasteiger partial charge in [0, 0.05) is 18.0 Å². The van der Waals surface area contributed by atoms with Crippen LogP contribution in [0.25, 0.3) is 0 Å². The van der Waals surface area contributed by atoms with E-state index in [1.54, 1.807) is 0 Å². The summed E-state index contributed by atoms with van der Waals surface area (Å²) in [7, 11) is -9.61. The van der Waals surface area contributed by atoms with Crippen LogP contribution in [0, 0.1) is 0 Å². The maximum atomic E-state index is 12.3. The monoisotopic (exact) mass is 555 g/mol. The van der Waals surface area contributed by atoms with Crippen molar-refractivity contribution in [2.24, 2.45) is 0 Å². The van der Waals surface area contributed by atoms with Crippen LogP contribution in [-0.2, 0) is 21.9 Å². The van der Waals surface area contributed by atoms with Crippen LogP contribution >= 0.6 is 0 Å². The van der Waals surface area contributed by atoms with Gasteiger partial charge in [-0.1, -0.05) is 6.58 Å². The Hall–Kier alpha value is -0.852. The summed E-state index contributed by atoms with van der Waals surface area (Å²) in [4.78, 5) is 23.8. The van der Waals surface area contributed by atoms with Gasteiger partial charge in [0.2, 0.25) is 5.72 Å². The van der Waals surface area contributed by atoms with E-state index in [4.69, 9.17) is 17.1 Å². The third-order valence-electron chi connectivity index (χ3n) is 4.07. The Labute approximate surface area is 208 Å². The number of hydrogen-bond donors (Lipinski definition) is 4. The molecule has 2 atom stereocenters. The van der Waals surface area contributed by atoms with Crippen LogP contribution < -0.4 is 5.32 Å². The highest BCUT2D eigenvalue weighted by Gasteiger charge is 2.51. The van der Waals surface area contributed by atoms with Gasteiger partial charge in [0.15, 0.2) is 25.0 Å². The summed E-state index contributed by atoms with van der Waals surface area (Å²) in [6.07, 6.45) is -3.10. The molecule has 0 aliphatic heterocycles. The lowest BCUT2D eigenvalue weighted by molar-refractivity contribution is -0.179. The molecule has 0 aliphatic rings. The normalized spacial score (nSPS) is 15.9. The maximum Gasteiger partial charge on any atom is 0.469 e. The van der Waals surface area contributed by atoms with E-state index in [-0.39, 0.29) is 18.4 Å². The zero-order valence-corrected chi connectivity index (χ0v) is 26.4. The number of esters is 1. The molecule has 0 rings (SSSR count). The molecule has 0 saturated carbocycles. The molecule has 0 fully saturated rings. The fraction of sp³-hybridized carbons (Fsp3) is 0.800. The van der Waals surface area contributed by atoms with Gasteiger partial charge in [-0.2, -0.15) is 0 Å². The quantitative estimate of drug-likeness (QED) is 0.103. The first-order valence-electron chi connectivity index (χ1n) is 11.3. The Morgan fingerprint density at radius 1 is 0.941 bits per heavy atom. The van der Waals surface area contributed by atoms with Crippen LogP contribution in [0.2, 0.25) is 65.0 Å². The van der Waals surface area contributed by atoms with E-state index in [1.165, 1.54) is 6.92 Å². The highest BCUT2D eigenvalue weighted by molar-refractivity contribution is 6.90. The van der Waals surface area contributed by atoms with Crippen molar-refractivity contribution in [3.8, 4) is 0 Å². The van der Waals surface area contributed by atoms with E-state index < -0.39 is 64.3 Å². The molecule has 4 N–H and O–H groups in total. The smallest absolute Gasteiger partial charge is 0.465 e. The van der Waals surface area contributed by atoms with Crippen molar-refractivity contribution < 1.29 is 42.0 Å². The molecular formula is C20H45NO9Si4. The van der Waals surface area contributed by atoms with Gasteiger partial charge in [-0.3, -0.25) is 5.32 Å². The molecule has 0 aliphatic carbocycles. The third kappa shape index (κ3) is 12.7. The van der Waals surface area contributed by atoms with Gasteiger partial charge in [0.1, 0.15) is 6.10 Å². The molecule has 0 aromatic rings. The summed E-state index contributed by atoms with van der Waals surface area (Å²) in [6, 6.07) is 0.331. The Morgan fingerprint density at radius 2 is 1.35 bits per heavy atom. The molecule has 0 heterocycles. The zero-order valence-electron chi connectivity index (χ0n) is 22.4. The standard InChI is InChI=1S/C20H45NO9Si4/c1-16(2)18(24)27-20(17(23)15-22,21-19(25)26)13-12-14-34(28-31(3,4)5,29-32(6,7)8)30-33(9,10)11/h17,21-23H,1,12-15H2,2-11H3,(H,25,26). The van der Waals surface area contributed by atoms with Crippen molar-refractivity contribution >= 4 is 45.8 Å².